The number of benzene rings is 2. The molecule has 0 spiro atoms. The molecule has 3 aromatic heterocycles. The summed E-state index contributed by atoms with van der Waals surface area (Å²) >= 11 is 0. The number of aromatic nitrogens is 5. The van der Waals surface area contributed by atoms with E-state index in [2.05, 4.69) is 25.4 Å². The third-order valence-corrected chi connectivity index (χ3v) is 5.22. The van der Waals surface area contributed by atoms with Crippen molar-refractivity contribution in [3.8, 4) is 11.3 Å². The summed E-state index contributed by atoms with van der Waals surface area (Å²) < 4.78 is 16.0. The number of nitrogens with zero attached hydrogens (tertiary/aromatic N) is 4. The van der Waals surface area contributed by atoms with E-state index in [1.54, 1.807) is 12.4 Å². The van der Waals surface area contributed by atoms with Gasteiger partial charge in [0.15, 0.2) is 5.69 Å². The number of H-pyrrole nitrogens is 1. The Morgan fingerprint density at radius 1 is 1.16 bits per heavy atom. The molecule has 9 heteroatoms. The number of hydrogen-bond acceptors (Lipinski definition) is 5. The van der Waals surface area contributed by atoms with Gasteiger partial charge in [0.2, 0.25) is 5.78 Å². The summed E-state index contributed by atoms with van der Waals surface area (Å²) in [6.07, 6.45) is 3.91. The Morgan fingerprint density at radius 2 is 2.03 bits per heavy atom. The van der Waals surface area contributed by atoms with Crippen LogP contribution in [0, 0.1) is 5.82 Å². The van der Waals surface area contributed by atoms with Crippen LogP contribution in [0.3, 0.4) is 0 Å². The highest BCUT2D eigenvalue weighted by Crippen LogP contribution is 2.20. The maximum Gasteiger partial charge on any atom is 0.279 e. The number of aromatic amines is 1. The van der Waals surface area contributed by atoms with E-state index in [0.29, 0.717) is 12.2 Å². The molecule has 0 saturated heterocycles. The molecule has 0 aliphatic rings. The molecule has 0 radical (unpaired) electrons. The third kappa shape index (κ3) is 3.39. The van der Waals surface area contributed by atoms with Crippen molar-refractivity contribution in [2.24, 2.45) is 0 Å². The SMILES string of the molecule is CNC(=O)c1ccc(-c2nn3c(Cc4ccc5ncccc5c4)cnc3[nH]c2=O)cc1F. The number of carbonyl (C=O) groups is 1. The lowest BCUT2D eigenvalue weighted by Crippen LogP contribution is -2.20. The molecule has 0 unspecified atom stereocenters. The van der Waals surface area contributed by atoms with Crippen molar-refractivity contribution >= 4 is 22.6 Å². The van der Waals surface area contributed by atoms with Crippen LogP contribution in [0.25, 0.3) is 27.9 Å². The number of pyridine rings is 1. The van der Waals surface area contributed by atoms with Gasteiger partial charge in [-0.2, -0.15) is 5.10 Å². The second-order valence-electron chi connectivity index (χ2n) is 7.27. The van der Waals surface area contributed by atoms with Crippen LogP contribution in [0.4, 0.5) is 4.39 Å². The predicted octanol–water partition coefficient (Wildman–Crippen LogP) is 2.72. The highest BCUT2D eigenvalue weighted by Gasteiger charge is 2.16. The Hall–Kier alpha value is -4.40. The first-order valence-electron chi connectivity index (χ1n) is 9.86. The zero-order chi connectivity index (χ0) is 22.2. The van der Waals surface area contributed by atoms with Gasteiger partial charge in [0.1, 0.15) is 5.82 Å². The van der Waals surface area contributed by atoms with E-state index in [9.17, 15) is 14.0 Å². The lowest BCUT2D eigenvalue weighted by atomic mass is 10.1. The minimum Gasteiger partial charge on any atom is -0.355 e. The second kappa shape index (κ2) is 7.69. The van der Waals surface area contributed by atoms with Crippen molar-refractivity contribution in [1.29, 1.82) is 0 Å². The summed E-state index contributed by atoms with van der Waals surface area (Å²) in [6, 6.07) is 13.8. The Bertz CT molecular complexity index is 1560. The highest BCUT2D eigenvalue weighted by molar-refractivity contribution is 5.94. The summed E-state index contributed by atoms with van der Waals surface area (Å²) in [5, 5.41) is 7.83. The Morgan fingerprint density at radius 3 is 2.84 bits per heavy atom. The summed E-state index contributed by atoms with van der Waals surface area (Å²) in [5.41, 5.74) is 2.37. The van der Waals surface area contributed by atoms with Crippen LogP contribution in [0.15, 0.2) is 65.7 Å². The van der Waals surface area contributed by atoms with Crippen molar-refractivity contribution in [1.82, 2.24) is 29.9 Å². The first kappa shape index (κ1) is 19.6. The second-order valence-corrected chi connectivity index (χ2v) is 7.27. The zero-order valence-corrected chi connectivity index (χ0v) is 17.0. The standard InChI is InChI=1S/C23H17FN6O2/c1-25-21(31)17-6-5-15(11-18(17)24)20-22(32)28-23-27-12-16(30(23)29-20)10-13-4-7-19-14(9-13)3-2-8-26-19/h2-9,11-12H,10H2,1H3,(H,25,31)(H,27,28,32). The van der Waals surface area contributed by atoms with Gasteiger partial charge >= 0.3 is 0 Å². The average Bonchev–Trinajstić information content (AvgIpc) is 3.19. The monoisotopic (exact) mass is 428 g/mol. The van der Waals surface area contributed by atoms with Gasteiger partial charge in [-0.05, 0) is 35.9 Å². The van der Waals surface area contributed by atoms with Crippen LogP contribution in [-0.2, 0) is 6.42 Å². The number of imidazole rings is 1. The summed E-state index contributed by atoms with van der Waals surface area (Å²) in [7, 11) is 1.42. The summed E-state index contributed by atoms with van der Waals surface area (Å²) in [4.78, 5) is 35.5. The van der Waals surface area contributed by atoms with Crippen LogP contribution < -0.4 is 10.9 Å². The molecule has 5 rings (SSSR count). The maximum atomic E-state index is 14.4. The van der Waals surface area contributed by atoms with E-state index in [4.69, 9.17) is 0 Å². The van der Waals surface area contributed by atoms with E-state index in [1.165, 1.54) is 23.7 Å². The lowest BCUT2D eigenvalue weighted by molar-refractivity contribution is 0.0959. The van der Waals surface area contributed by atoms with Gasteiger partial charge in [-0.3, -0.25) is 19.6 Å². The fraction of sp³-hybridized carbons (Fsp3) is 0.0870. The fourth-order valence-electron chi connectivity index (χ4n) is 3.62. The van der Waals surface area contributed by atoms with Gasteiger partial charge in [-0.15, -0.1) is 0 Å². The van der Waals surface area contributed by atoms with Crippen LogP contribution in [0.2, 0.25) is 0 Å². The van der Waals surface area contributed by atoms with Crippen molar-refractivity contribution < 1.29 is 9.18 Å². The van der Waals surface area contributed by atoms with E-state index in [1.807, 2.05) is 30.3 Å². The Balaban J connectivity index is 1.55. The minimum absolute atomic E-state index is 0.0295. The van der Waals surface area contributed by atoms with Gasteiger partial charge in [-0.25, -0.2) is 13.9 Å². The van der Waals surface area contributed by atoms with Crippen molar-refractivity contribution in [2.45, 2.75) is 6.42 Å². The fourth-order valence-corrected chi connectivity index (χ4v) is 3.62. The molecule has 0 bridgehead atoms. The third-order valence-electron chi connectivity index (χ3n) is 5.22. The quantitative estimate of drug-likeness (QED) is 0.458. The number of fused-ring (bicyclic) bond motifs is 2. The number of halogens is 1. The topological polar surface area (TPSA) is 105 Å². The molecule has 8 nitrogen and oxygen atoms in total. The smallest absolute Gasteiger partial charge is 0.279 e. The average molecular weight is 428 g/mol. The number of rotatable bonds is 4. The summed E-state index contributed by atoms with van der Waals surface area (Å²) in [6.45, 7) is 0. The number of carbonyl (C=O) groups excluding carboxylic acids is 1. The normalized spacial score (nSPS) is 11.2. The van der Waals surface area contributed by atoms with Crippen LogP contribution >= 0.6 is 0 Å². The molecule has 5 aromatic rings. The van der Waals surface area contributed by atoms with Crippen molar-refractivity contribution in [3.63, 3.8) is 0 Å². The molecule has 0 saturated carbocycles. The summed E-state index contributed by atoms with van der Waals surface area (Å²) in [5.74, 6) is -0.994. The molecule has 0 aliphatic carbocycles. The van der Waals surface area contributed by atoms with E-state index >= 15 is 0 Å². The van der Waals surface area contributed by atoms with Gasteiger partial charge in [0, 0.05) is 30.6 Å². The molecule has 0 atom stereocenters. The molecule has 2 N–H and O–H groups in total. The first-order chi connectivity index (χ1) is 15.5. The molecule has 2 aromatic carbocycles. The molecule has 32 heavy (non-hydrogen) atoms. The lowest BCUT2D eigenvalue weighted by Gasteiger charge is -2.07. The molecular weight excluding hydrogens is 411 g/mol. The molecule has 1 amide bonds. The number of nitrogens with one attached hydrogen (secondary N) is 2. The maximum absolute atomic E-state index is 14.4. The Labute approximate surface area is 180 Å². The van der Waals surface area contributed by atoms with E-state index in [-0.39, 0.29) is 16.8 Å². The van der Waals surface area contributed by atoms with Gasteiger partial charge in [0.25, 0.3) is 11.5 Å². The van der Waals surface area contributed by atoms with E-state index < -0.39 is 17.3 Å². The van der Waals surface area contributed by atoms with Gasteiger partial charge < -0.3 is 5.32 Å². The van der Waals surface area contributed by atoms with Crippen LogP contribution in [0.1, 0.15) is 21.6 Å². The van der Waals surface area contributed by atoms with Gasteiger partial charge in [0.05, 0.1) is 23.0 Å². The van der Waals surface area contributed by atoms with Crippen LogP contribution in [-0.4, -0.2) is 37.5 Å². The number of hydrogen-bond donors (Lipinski definition) is 2. The molecule has 0 fully saturated rings. The molecule has 3 heterocycles. The van der Waals surface area contributed by atoms with E-state index in [0.717, 1.165) is 28.2 Å². The first-order valence-corrected chi connectivity index (χ1v) is 9.86. The zero-order valence-electron chi connectivity index (χ0n) is 17.0. The number of amides is 1. The minimum atomic E-state index is -0.737. The van der Waals surface area contributed by atoms with Gasteiger partial charge in [-0.1, -0.05) is 18.2 Å². The Kier molecular flexibility index (Phi) is 4.70. The predicted molar refractivity (Wildman–Crippen MR) is 117 cm³/mol. The largest absolute Gasteiger partial charge is 0.355 e. The van der Waals surface area contributed by atoms with Crippen molar-refractivity contribution in [2.75, 3.05) is 7.05 Å². The molecule has 0 aliphatic heterocycles. The van der Waals surface area contributed by atoms with Crippen LogP contribution in [0.5, 0.6) is 0 Å². The molecule has 158 valence electrons. The molecular formula is C23H17FN6O2. The highest BCUT2D eigenvalue weighted by atomic mass is 19.1. The van der Waals surface area contributed by atoms with Crippen molar-refractivity contribution in [3.05, 3.63) is 93.9 Å².